The van der Waals surface area contributed by atoms with Crippen LogP contribution in [-0.2, 0) is 5.41 Å². The van der Waals surface area contributed by atoms with E-state index in [-0.39, 0.29) is 5.41 Å². The minimum atomic E-state index is 0.202. The first-order chi connectivity index (χ1) is 33.1. The largest absolute Gasteiger partial charge is 0.309 e. The SMILES string of the molecule is c1cc(-c2cc(C34CC5CC(CC(C5)C3)C4)ccc2-c2nc(-n3c4ccccc4c4ccccc43)nc(-n3c4ccccc4c4ccccc43)n2)cc(-n2c3ccccc3c3ccccc32)c1. The molecule has 320 valence electrons. The van der Waals surface area contributed by atoms with E-state index in [0.717, 1.165) is 62.2 Å². The Morgan fingerprint density at radius 3 is 1.19 bits per heavy atom. The second kappa shape index (κ2) is 14.1. The highest BCUT2D eigenvalue weighted by atomic mass is 15.3. The van der Waals surface area contributed by atoms with Crippen molar-refractivity contribution in [2.45, 2.75) is 43.9 Å². The molecule has 4 saturated carbocycles. The molecule has 0 amide bonds. The molecule has 0 spiro atoms. The quantitative estimate of drug-likeness (QED) is 0.167. The fourth-order valence-corrected chi connectivity index (χ4v) is 13.7. The van der Waals surface area contributed by atoms with Crippen molar-refractivity contribution in [3.05, 3.63) is 194 Å². The van der Waals surface area contributed by atoms with Gasteiger partial charge in [-0.1, -0.05) is 133 Å². The predicted octanol–water partition coefficient (Wildman–Crippen LogP) is 15.0. The molecule has 4 fully saturated rings. The second-order valence-electron chi connectivity index (χ2n) is 19.9. The zero-order valence-corrected chi connectivity index (χ0v) is 37.1. The summed E-state index contributed by atoms with van der Waals surface area (Å²) >= 11 is 0. The minimum Gasteiger partial charge on any atom is -0.309 e. The number of hydrogen-bond acceptors (Lipinski definition) is 3. The summed E-state index contributed by atoms with van der Waals surface area (Å²) in [5.74, 6) is 4.33. The average molecular weight is 863 g/mol. The van der Waals surface area contributed by atoms with Crippen LogP contribution in [0.15, 0.2) is 188 Å². The first kappa shape index (κ1) is 37.4. The fourth-order valence-electron chi connectivity index (χ4n) is 13.7. The summed E-state index contributed by atoms with van der Waals surface area (Å²) in [6.07, 6.45) is 8.11. The van der Waals surface area contributed by atoms with Gasteiger partial charge in [-0.2, -0.15) is 15.0 Å². The summed E-state index contributed by atoms with van der Waals surface area (Å²) in [5, 5.41) is 7.19. The maximum Gasteiger partial charge on any atom is 0.240 e. The predicted molar refractivity (Wildman–Crippen MR) is 274 cm³/mol. The summed E-state index contributed by atoms with van der Waals surface area (Å²) in [7, 11) is 0. The van der Waals surface area contributed by atoms with Crippen LogP contribution in [0.4, 0.5) is 0 Å². The number of rotatable bonds is 6. The van der Waals surface area contributed by atoms with E-state index in [4.69, 9.17) is 15.0 Å². The number of hydrogen-bond donors (Lipinski definition) is 0. The van der Waals surface area contributed by atoms with Crippen LogP contribution in [0, 0.1) is 17.8 Å². The van der Waals surface area contributed by atoms with Crippen LogP contribution in [0.25, 0.3) is 106 Å². The van der Waals surface area contributed by atoms with Gasteiger partial charge < -0.3 is 4.57 Å². The van der Waals surface area contributed by atoms with Gasteiger partial charge in [0, 0.05) is 43.6 Å². The molecule has 4 bridgehead atoms. The molecule has 0 N–H and O–H groups in total. The highest BCUT2D eigenvalue weighted by Gasteiger charge is 2.51. The van der Waals surface area contributed by atoms with Gasteiger partial charge in [0.15, 0.2) is 5.82 Å². The van der Waals surface area contributed by atoms with Crippen LogP contribution in [0.2, 0.25) is 0 Å². The number of para-hydroxylation sites is 6. The van der Waals surface area contributed by atoms with Crippen LogP contribution in [-0.4, -0.2) is 28.7 Å². The van der Waals surface area contributed by atoms with Crippen molar-refractivity contribution < 1.29 is 0 Å². The Bertz CT molecular complexity index is 3670. The lowest BCUT2D eigenvalue weighted by Gasteiger charge is -2.57. The fraction of sp³-hybridized carbons (Fsp3) is 0.164. The molecule has 12 aromatic rings. The molecule has 4 aromatic heterocycles. The highest BCUT2D eigenvalue weighted by molar-refractivity contribution is 6.11. The van der Waals surface area contributed by atoms with Crippen LogP contribution in [0.3, 0.4) is 0 Å². The Balaban J connectivity index is 1.01. The molecule has 0 radical (unpaired) electrons. The molecule has 4 aliphatic rings. The van der Waals surface area contributed by atoms with E-state index in [9.17, 15) is 0 Å². The first-order valence-corrected chi connectivity index (χ1v) is 24.1. The number of benzene rings is 8. The van der Waals surface area contributed by atoms with Gasteiger partial charge >= 0.3 is 0 Å². The van der Waals surface area contributed by atoms with Gasteiger partial charge in [0.2, 0.25) is 11.9 Å². The number of aromatic nitrogens is 6. The molecule has 6 heteroatoms. The van der Waals surface area contributed by atoms with Gasteiger partial charge in [0.05, 0.1) is 33.1 Å². The summed E-state index contributed by atoms with van der Waals surface area (Å²) in [5.41, 5.74) is 12.8. The summed E-state index contributed by atoms with van der Waals surface area (Å²) in [6, 6.07) is 68.6. The Morgan fingerprint density at radius 1 is 0.358 bits per heavy atom. The van der Waals surface area contributed by atoms with E-state index in [2.05, 4.69) is 202 Å². The molecule has 6 nitrogen and oxygen atoms in total. The molecule has 4 aliphatic carbocycles. The van der Waals surface area contributed by atoms with E-state index in [1.54, 1.807) is 0 Å². The molecule has 8 aromatic carbocycles. The van der Waals surface area contributed by atoms with Crippen molar-refractivity contribution in [3.8, 4) is 40.1 Å². The highest BCUT2D eigenvalue weighted by Crippen LogP contribution is 2.61. The lowest BCUT2D eigenvalue weighted by atomic mass is 9.48. The van der Waals surface area contributed by atoms with Crippen molar-refractivity contribution in [2.24, 2.45) is 17.8 Å². The van der Waals surface area contributed by atoms with Crippen LogP contribution in [0.1, 0.15) is 44.1 Å². The summed E-state index contributed by atoms with van der Waals surface area (Å²) < 4.78 is 6.90. The van der Waals surface area contributed by atoms with Crippen LogP contribution >= 0.6 is 0 Å². The lowest BCUT2D eigenvalue weighted by Crippen LogP contribution is -2.48. The second-order valence-corrected chi connectivity index (χ2v) is 19.9. The van der Waals surface area contributed by atoms with E-state index in [1.165, 1.54) is 87.4 Å². The van der Waals surface area contributed by atoms with Crippen LogP contribution < -0.4 is 0 Å². The smallest absolute Gasteiger partial charge is 0.240 e. The molecular formula is C61H46N6. The Hall–Kier alpha value is -7.83. The third kappa shape index (κ3) is 5.53. The Morgan fingerprint density at radius 2 is 0.761 bits per heavy atom. The minimum absolute atomic E-state index is 0.202. The normalized spacial score (nSPS) is 20.1. The molecule has 0 atom stereocenters. The molecule has 0 saturated heterocycles. The molecule has 67 heavy (non-hydrogen) atoms. The Labute approximate surface area is 387 Å². The number of fused-ring (bicyclic) bond motifs is 9. The standard InChI is InChI=1S/C61H46N6/c1-7-22-52-44(16-1)45-17-2-8-23-53(45)65(52)43-15-13-14-41(33-43)51-34-42(61-35-38-30-39(36-61)32-40(31-38)37-61)28-29-50(51)58-62-59(66-54-24-9-3-18-46(54)47-19-4-10-25-55(47)66)64-60(63-58)67-56-26-11-5-20-48(56)49-21-6-12-27-57(49)67/h1-29,33-34,38-40H,30-32,35-37H2. The van der Waals surface area contributed by atoms with Crippen LogP contribution in [0.5, 0.6) is 0 Å². The summed E-state index contributed by atoms with van der Waals surface area (Å²) in [4.78, 5) is 16.7. The Kier molecular flexibility index (Phi) is 7.86. The van der Waals surface area contributed by atoms with Crippen molar-refractivity contribution in [1.82, 2.24) is 28.7 Å². The maximum atomic E-state index is 5.60. The molecule has 4 heterocycles. The van der Waals surface area contributed by atoms with E-state index < -0.39 is 0 Å². The van der Waals surface area contributed by atoms with Crippen molar-refractivity contribution >= 4 is 65.4 Å². The zero-order chi connectivity index (χ0) is 43.8. The number of nitrogens with zero attached hydrogens (tertiary/aromatic N) is 6. The van der Waals surface area contributed by atoms with Gasteiger partial charge in [-0.15, -0.1) is 0 Å². The van der Waals surface area contributed by atoms with Crippen molar-refractivity contribution in [3.63, 3.8) is 0 Å². The zero-order valence-electron chi connectivity index (χ0n) is 37.1. The monoisotopic (exact) mass is 862 g/mol. The van der Waals surface area contributed by atoms with Gasteiger partial charge in [-0.3, -0.25) is 9.13 Å². The molecule has 16 rings (SSSR count). The van der Waals surface area contributed by atoms with Gasteiger partial charge in [0.25, 0.3) is 0 Å². The third-order valence-corrected chi connectivity index (χ3v) is 16.1. The third-order valence-electron chi connectivity index (χ3n) is 16.1. The van der Waals surface area contributed by atoms with Gasteiger partial charge in [0.1, 0.15) is 0 Å². The van der Waals surface area contributed by atoms with Gasteiger partial charge in [-0.05, 0) is 133 Å². The van der Waals surface area contributed by atoms with Crippen molar-refractivity contribution in [2.75, 3.05) is 0 Å². The van der Waals surface area contributed by atoms with E-state index in [1.807, 2.05) is 0 Å². The van der Waals surface area contributed by atoms with E-state index in [0.29, 0.717) is 17.7 Å². The molecule has 0 aliphatic heterocycles. The van der Waals surface area contributed by atoms with E-state index >= 15 is 0 Å². The van der Waals surface area contributed by atoms with Crippen molar-refractivity contribution in [1.29, 1.82) is 0 Å². The average Bonchev–Trinajstić information content (AvgIpc) is 4.02. The maximum absolute atomic E-state index is 5.60. The van der Waals surface area contributed by atoms with Gasteiger partial charge in [-0.25, -0.2) is 0 Å². The molecule has 0 unspecified atom stereocenters. The lowest BCUT2D eigenvalue weighted by molar-refractivity contribution is -0.00516. The topological polar surface area (TPSA) is 53.5 Å². The summed E-state index contributed by atoms with van der Waals surface area (Å²) in [6.45, 7) is 0. The first-order valence-electron chi connectivity index (χ1n) is 24.1. The molecular weight excluding hydrogens is 817 g/mol.